The fourth-order valence-corrected chi connectivity index (χ4v) is 2.79. The van der Waals surface area contributed by atoms with Crippen LogP contribution in [-0.4, -0.2) is 28.5 Å². The topological polar surface area (TPSA) is 25.2 Å². The maximum Gasteiger partial charge on any atom is 0.270 e. The Morgan fingerprint density at radius 3 is 2.73 bits per heavy atom. The lowest BCUT2D eigenvalue weighted by atomic mass is 10.1. The second-order valence-corrected chi connectivity index (χ2v) is 5.72. The van der Waals surface area contributed by atoms with E-state index in [1.807, 2.05) is 33.9 Å². The van der Waals surface area contributed by atoms with Crippen molar-refractivity contribution in [1.82, 2.24) is 9.47 Å². The minimum atomic E-state index is 0.122. The number of amides is 1. The molecule has 0 fully saturated rings. The van der Waals surface area contributed by atoms with Crippen molar-refractivity contribution in [2.45, 2.75) is 26.8 Å². The van der Waals surface area contributed by atoms with Crippen LogP contribution in [0.15, 0.2) is 36.5 Å². The summed E-state index contributed by atoms with van der Waals surface area (Å²) in [6, 6.07) is 10.0. The van der Waals surface area contributed by atoms with E-state index in [4.69, 9.17) is 0 Å². The minimum absolute atomic E-state index is 0.122. The first-order chi connectivity index (χ1) is 10.7. The van der Waals surface area contributed by atoms with E-state index in [0.717, 1.165) is 42.9 Å². The van der Waals surface area contributed by atoms with Gasteiger partial charge in [0.15, 0.2) is 0 Å². The van der Waals surface area contributed by atoms with Gasteiger partial charge < -0.3 is 9.47 Å². The first kappa shape index (κ1) is 14.5. The van der Waals surface area contributed by atoms with Gasteiger partial charge in [-0.1, -0.05) is 30.9 Å². The molecule has 2 aromatic rings. The molecule has 0 bridgehead atoms. The minimum Gasteiger partial charge on any atom is -0.340 e. The van der Waals surface area contributed by atoms with Gasteiger partial charge >= 0.3 is 0 Å². The summed E-state index contributed by atoms with van der Waals surface area (Å²) < 4.78 is 2.02. The quantitative estimate of drug-likeness (QED) is 0.781. The maximum absolute atomic E-state index is 12.4. The molecule has 0 unspecified atom stereocenters. The van der Waals surface area contributed by atoms with Crippen LogP contribution in [0.5, 0.6) is 0 Å². The molecule has 112 valence electrons. The van der Waals surface area contributed by atoms with E-state index in [1.54, 1.807) is 0 Å². The van der Waals surface area contributed by atoms with Crippen LogP contribution in [0.2, 0.25) is 0 Å². The van der Waals surface area contributed by atoms with E-state index in [2.05, 4.69) is 37.8 Å². The Labute approximate surface area is 131 Å². The number of nitrogens with zero attached hydrogens (tertiary/aromatic N) is 2. The summed E-state index contributed by atoms with van der Waals surface area (Å²) in [6.07, 6.45) is 2.98. The predicted molar refractivity (Wildman–Crippen MR) is 87.8 cm³/mol. The van der Waals surface area contributed by atoms with Crippen molar-refractivity contribution < 1.29 is 4.79 Å². The molecule has 2 heterocycles. The summed E-state index contributed by atoms with van der Waals surface area (Å²) in [5, 5.41) is 0. The van der Waals surface area contributed by atoms with Gasteiger partial charge in [-0.15, -0.1) is 0 Å². The summed E-state index contributed by atoms with van der Waals surface area (Å²) >= 11 is 0. The molecule has 22 heavy (non-hydrogen) atoms. The van der Waals surface area contributed by atoms with Crippen LogP contribution in [0.3, 0.4) is 0 Å². The van der Waals surface area contributed by atoms with E-state index < -0.39 is 0 Å². The van der Waals surface area contributed by atoms with Crippen LogP contribution in [-0.2, 0) is 6.54 Å². The Balaban J connectivity index is 1.84. The normalized spacial score (nSPS) is 13.5. The SMILES string of the molecule is CCCN1CCn2cc(C#Cc3cccc(C)c3)cc2C1=O. The van der Waals surface area contributed by atoms with Crippen LogP contribution in [0.25, 0.3) is 0 Å². The molecule has 0 N–H and O–H groups in total. The Morgan fingerprint density at radius 2 is 1.95 bits per heavy atom. The molecule has 0 aliphatic carbocycles. The largest absolute Gasteiger partial charge is 0.340 e. The Kier molecular flexibility index (Phi) is 4.02. The van der Waals surface area contributed by atoms with Crippen LogP contribution in [0.4, 0.5) is 0 Å². The van der Waals surface area contributed by atoms with Crippen molar-refractivity contribution in [3.63, 3.8) is 0 Å². The highest BCUT2D eigenvalue weighted by Gasteiger charge is 2.24. The number of fused-ring (bicyclic) bond motifs is 1. The number of benzene rings is 1. The van der Waals surface area contributed by atoms with Crippen molar-refractivity contribution >= 4 is 5.91 Å². The third kappa shape index (κ3) is 2.92. The van der Waals surface area contributed by atoms with Crippen molar-refractivity contribution in [3.8, 4) is 11.8 Å². The van der Waals surface area contributed by atoms with Gasteiger partial charge in [-0.3, -0.25) is 4.79 Å². The van der Waals surface area contributed by atoms with Gasteiger partial charge in [-0.05, 0) is 37.1 Å². The Bertz CT molecular complexity index is 761. The van der Waals surface area contributed by atoms with Crippen LogP contribution >= 0.6 is 0 Å². The monoisotopic (exact) mass is 292 g/mol. The molecule has 1 aromatic carbocycles. The van der Waals surface area contributed by atoms with Crippen LogP contribution in [0, 0.1) is 18.8 Å². The number of aryl methyl sites for hydroxylation is 1. The standard InChI is InChI=1S/C19H20N2O/c1-3-9-20-10-11-21-14-17(13-18(21)19(20)22)8-7-16-6-4-5-15(2)12-16/h4-6,12-14H,3,9-11H2,1-2H3. The molecule has 3 rings (SSSR count). The lowest BCUT2D eigenvalue weighted by Gasteiger charge is -2.27. The molecule has 1 aliphatic rings. The van der Waals surface area contributed by atoms with Gasteiger partial charge in [-0.25, -0.2) is 0 Å². The van der Waals surface area contributed by atoms with Crippen molar-refractivity contribution in [1.29, 1.82) is 0 Å². The van der Waals surface area contributed by atoms with E-state index in [9.17, 15) is 4.79 Å². The molecule has 0 spiro atoms. The average Bonchev–Trinajstić information content (AvgIpc) is 2.92. The summed E-state index contributed by atoms with van der Waals surface area (Å²) in [5.41, 5.74) is 3.87. The van der Waals surface area contributed by atoms with Gasteiger partial charge in [0.1, 0.15) is 5.69 Å². The van der Waals surface area contributed by atoms with Crippen molar-refractivity contribution in [3.05, 3.63) is 58.9 Å². The molecule has 1 amide bonds. The zero-order valence-electron chi connectivity index (χ0n) is 13.1. The fourth-order valence-electron chi connectivity index (χ4n) is 2.79. The highest BCUT2D eigenvalue weighted by Crippen LogP contribution is 2.16. The first-order valence-electron chi connectivity index (χ1n) is 7.75. The molecule has 3 heteroatoms. The third-order valence-electron chi connectivity index (χ3n) is 3.88. The number of hydrogen-bond donors (Lipinski definition) is 0. The van der Waals surface area contributed by atoms with Crippen LogP contribution in [0.1, 0.15) is 40.5 Å². The summed E-state index contributed by atoms with van der Waals surface area (Å²) in [7, 11) is 0. The summed E-state index contributed by atoms with van der Waals surface area (Å²) in [5.74, 6) is 6.47. The van der Waals surface area contributed by atoms with Crippen molar-refractivity contribution in [2.75, 3.05) is 13.1 Å². The predicted octanol–water partition coefficient (Wildman–Crippen LogP) is 3.06. The van der Waals surface area contributed by atoms with Gasteiger partial charge in [-0.2, -0.15) is 0 Å². The molecule has 1 aromatic heterocycles. The molecular weight excluding hydrogens is 272 g/mol. The lowest BCUT2D eigenvalue weighted by molar-refractivity contribution is 0.0705. The molecule has 0 atom stereocenters. The third-order valence-corrected chi connectivity index (χ3v) is 3.88. The average molecular weight is 292 g/mol. The van der Waals surface area contributed by atoms with E-state index in [-0.39, 0.29) is 5.91 Å². The highest BCUT2D eigenvalue weighted by atomic mass is 16.2. The Morgan fingerprint density at radius 1 is 1.14 bits per heavy atom. The number of aromatic nitrogens is 1. The zero-order valence-corrected chi connectivity index (χ0v) is 13.1. The van der Waals surface area contributed by atoms with E-state index >= 15 is 0 Å². The van der Waals surface area contributed by atoms with Crippen molar-refractivity contribution in [2.24, 2.45) is 0 Å². The highest BCUT2D eigenvalue weighted by molar-refractivity contribution is 5.94. The number of carbonyl (C=O) groups is 1. The van der Waals surface area contributed by atoms with Gasteiger partial charge in [0.2, 0.25) is 0 Å². The fraction of sp³-hybridized carbons (Fsp3) is 0.316. The summed E-state index contributed by atoms with van der Waals surface area (Å²) in [6.45, 7) is 6.63. The lowest BCUT2D eigenvalue weighted by Crippen LogP contribution is -2.40. The first-order valence-corrected chi connectivity index (χ1v) is 7.75. The second-order valence-electron chi connectivity index (χ2n) is 5.72. The number of hydrogen-bond acceptors (Lipinski definition) is 1. The Hall–Kier alpha value is -2.47. The second kappa shape index (κ2) is 6.11. The van der Waals surface area contributed by atoms with E-state index in [1.165, 1.54) is 5.56 Å². The molecule has 0 saturated heterocycles. The number of rotatable bonds is 2. The zero-order chi connectivity index (χ0) is 15.5. The van der Waals surface area contributed by atoms with E-state index in [0.29, 0.717) is 0 Å². The molecule has 0 saturated carbocycles. The molecular formula is C19H20N2O. The molecule has 3 nitrogen and oxygen atoms in total. The molecule has 1 aliphatic heterocycles. The van der Waals surface area contributed by atoms with Gasteiger partial charge in [0.05, 0.1) is 0 Å². The smallest absolute Gasteiger partial charge is 0.270 e. The van der Waals surface area contributed by atoms with Crippen LogP contribution < -0.4 is 0 Å². The van der Waals surface area contributed by atoms with Gasteiger partial charge in [0, 0.05) is 37.0 Å². The van der Waals surface area contributed by atoms with Gasteiger partial charge in [0.25, 0.3) is 5.91 Å². The maximum atomic E-state index is 12.4. The number of carbonyl (C=O) groups excluding carboxylic acids is 1. The molecule has 0 radical (unpaired) electrons. The summed E-state index contributed by atoms with van der Waals surface area (Å²) in [4.78, 5) is 14.3.